The molecule has 4 heteroatoms. The van der Waals surface area contributed by atoms with Crippen LogP contribution >= 0.6 is 0 Å². The first-order valence-corrected chi connectivity index (χ1v) is 5.78. The number of phenolic OH excluding ortho intramolecular Hbond substituents is 2. The molecule has 2 rings (SSSR count). The maximum Gasteiger partial charge on any atom is 0.317 e. The van der Waals surface area contributed by atoms with Gasteiger partial charge in [0.25, 0.3) is 0 Å². The Kier molecular flexibility index (Phi) is 3.71. The Balaban J connectivity index is 2.51. The van der Waals surface area contributed by atoms with Crippen molar-refractivity contribution in [1.82, 2.24) is 0 Å². The molecular weight excluding hydrogens is 244 g/mol. The molecule has 0 bridgehead atoms. The van der Waals surface area contributed by atoms with E-state index in [0.29, 0.717) is 11.1 Å². The number of ether oxygens (including phenoxy) is 1. The van der Waals surface area contributed by atoms with Crippen molar-refractivity contribution in [1.29, 1.82) is 0 Å². The Hall–Kier alpha value is -2.49. The zero-order chi connectivity index (χ0) is 13.8. The molecule has 0 amide bonds. The van der Waals surface area contributed by atoms with E-state index in [0.717, 1.165) is 0 Å². The summed E-state index contributed by atoms with van der Waals surface area (Å²) in [5.74, 6) is -1.03. The van der Waals surface area contributed by atoms with E-state index in [4.69, 9.17) is 4.74 Å². The summed E-state index contributed by atoms with van der Waals surface area (Å²) < 4.78 is 4.79. The molecule has 0 heterocycles. The second kappa shape index (κ2) is 5.44. The highest BCUT2D eigenvalue weighted by Crippen LogP contribution is 2.32. The number of carbonyl (C=O) groups is 1. The highest BCUT2D eigenvalue weighted by molar-refractivity contribution is 5.83. The fraction of sp³-hybridized carbons (Fsp3) is 0.133. The fourth-order valence-electron chi connectivity index (χ4n) is 1.96. The van der Waals surface area contributed by atoms with E-state index in [1.54, 1.807) is 30.3 Å². The van der Waals surface area contributed by atoms with Crippen LogP contribution in [0.1, 0.15) is 17.0 Å². The number of hydrogen-bond acceptors (Lipinski definition) is 4. The minimum atomic E-state index is -0.716. The molecule has 0 spiro atoms. The van der Waals surface area contributed by atoms with Crippen molar-refractivity contribution in [2.24, 2.45) is 0 Å². The SMILES string of the molecule is COC(=O)C(c1ccc(O)cc1)c1ccccc1O. The molecule has 2 aromatic carbocycles. The number of aromatic hydroxyl groups is 2. The highest BCUT2D eigenvalue weighted by atomic mass is 16.5. The summed E-state index contributed by atoms with van der Waals surface area (Å²) in [6.07, 6.45) is 0. The topological polar surface area (TPSA) is 66.8 Å². The molecule has 19 heavy (non-hydrogen) atoms. The van der Waals surface area contributed by atoms with Crippen molar-refractivity contribution >= 4 is 5.97 Å². The second-order valence-corrected chi connectivity index (χ2v) is 4.11. The predicted octanol–water partition coefficient (Wildman–Crippen LogP) is 2.40. The number of para-hydroxylation sites is 1. The average molecular weight is 258 g/mol. The van der Waals surface area contributed by atoms with Crippen LogP contribution in [-0.2, 0) is 9.53 Å². The summed E-state index contributed by atoms with van der Waals surface area (Å²) in [4.78, 5) is 12.0. The third-order valence-corrected chi connectivity index (χ3v) is 2.91. The largest absolute Gasteiger partial charge is 0.508 e. The van der Waals surface area contributed by atoms with Crippen molar-refractivity contribution in [3.05, 3.63) is 59.7 Å². The van der Waals surface area contributed by atoms with Crippen LogP contribution in [0.4, 0.5) is 0 Å². The van der Waals surface area contributed by atoms with Crippen molar-refractivity contribution in [3.8, 4) is 11.5 Å². The Labute approximate surface area is 110 Å². The van der Waals surface area contributed by atoms with Gasteiger partial charge in [0.05, 0.1) is 7.11 Å². The minimum absolute atomic E-state index is 0.0333. The van der Waals surface area contributed by atoms with E-state index in [9.17, 15) is 15.0 Å². The van der Waals surface area contributed by atoms with E-state index in [1.807, 2.05) is 0 Å². The van der Waals surface area contributed by atoms with Gasteiger partial charge in [-0.15, -0.1) is 0 Å². The minimum Gasteiger partial charge on any atom is -0.508 e. The lowest BCUT2D eigenvalue weighted by Crippen LogP contribution is -2.15. The van der Waals surface area contributed by atoms with Crippen LogP contribution < -0.4 is 0 Å². The Bertz CT molecular complexity index is 575. The van der Waals surface area contributed by atoms with Gasteiger partial charge in [0.1, 0.15) is 17.4 Å². The molecule has 0 aliphatic rings. The third-order valence-electron chi connectivity index (χ3n) is 2.91. The Morgan fingerprint density at radius 3 is 2.26 bits per heavy atom. The molecule has 0 aliphatic carbocycles. The normalized spacial score (nSPS) is 11.8. The number of phenols is 2. The molecule has 1 atom stereocenters. The van der Waals surface area contributed by atoms with E-state index in [2.05, 4.69) is 0 Å². The number of carbonyl (C=O) groups excluding carboxylic acids is 1. The fourth-order valence-corrected chi connectivity index (χ4v) is 1.96. The van der Waals surface area contributed by atoms with Gasteiger partial charge < -0.3 is 14.9 Å². The Morgan fingerprint density at radius 2 is 1.68 bits per heavy atom. The number of methoxy groups -OCH3 is 1. The van der Waals surface area contributed by atoms with Crippen LogP contribution in [0, 0.1) is 0 Å². The first-order chi connectivity index (χ1) is 9.13. The highest BCUT2D eigenvalue weighted by Gasteiger charge is 2.25. The molecule has 98 valence electrons. The van der Waals surface area contributed by atoms with Crippen LogP contribution in [0.25, 0.3) is 0 Å². The summed E-state index contributed by atoms with van der Waals surface area (Å²) in [6.45, 7) is 0. The molecule has 0 radical (unpaired) electrons. The van der Waals surface area contributed by atoms with Gasteiger partial charge in [-0.2, -0.15) is 0 Å². The maximum atomic E-state index is 12.0. The molecule has 0 saturated heterocycles. The lowest BCUT2D eigenvalue weighted by molar-refractivity contribution is -0.141. The van der Waals surface area contributed by atoms with Crippen LogP contribution in [0.5, 0.6) is 11.5 Å². The monoisotopic (exact) mass is 258 g/mol. The van der Waals surface area contributed by atoms with E-state index < -0.39 is 11.9 Å². The summed E-state index contributed by atoms with van der Waals surface area (Å²) in [7, 11) is 1.30. The number of benzene rings is 2. The first-order valence-electron chi connectivity index (χ1n) is 5.78. The summed E-state index contributed by atoms with van der Waals surface area (Å²) in [6, 6.07) is 12.9. The number of hydrogen-bond donors (Lipinski definition) is 2. The van der Waals surface area contributed by atoms with Crippen molar-refractivity contribution in [3.63, 3.8) is 0 Å². The van der Waals surface area contributed by atoms with E-state index in [-0.39, 0.29) is 11.5 Å². The molecular formula is C15H14O4. The lowest BCUT2D eigenvalue weighted by atomic mass is 9.90. The van der Waals surface area contributed by atoms with Crippen molar-refractivity contribution < 1.29 is 19.7 Å². The molecule has 0 aromatic heterocycles. The van der Waals surface area contributed by atoms with Crippen LogP contribution in [0.15, 0.2) is 48.5 Å². The third kappa shape index (κ3) is 2.68. The average Bonchev–Trinajstić information content (AvgIpc) is 2.43. The molecule has 2 aromatic rings. The molecule has 2 N–H and O–H groups in total. The Morgan fingerprint density at radius 1 is 1.05 bits per heavy atom. The summed E-state index contributed by atoms with van der Waals surface area (Å²) in [5, 5.41) is 19.2. The van der Waals surface area contributed by atoms with Gasteiger partial charge in [-0.05, 0) is 23.8 Å². The maximum absolute atomic E-state index is 12.0. The van der Waals surface area contributed by atoms with Gasteiger partial charge in [-0.1, -0.05) is 30.3 Å². The molecule has 0 fully saturated rings. The van der Waals surface area contributed by atoms with Gasteiger partial charge in [0, 0.05) is 5.56 Å². The predicted molar refractivity (Wildman–Crippen MR) is 70.1 cm³/mol. The van der Waals surface area contributed by atoms with Crippen molar-refractivity contribution in [2.75, 3.05) is 7.11 Å². The molecule has 1 unspecified atom stereocenters. The number of esters is 1. The molecule has 0 aliphatic heterocycles. The quantitative estimate of drug-likeness (QED) is 0.830. The summed E-state index contributed by atoms with van der Waals surface area (Å²) >= 11 is 0. The van der Waals surface area contributed by atoms with Gasteiger partial charge in [-0.25, -0.2) is 0 Å². The lowest BCUT2D eigenvalue weighted by Gasteiger charge is -2.16. The smallest absolute Gasteiger partial charge is 0.317 e. The molecule has 0 saturated carbocycles. The van der Waals surface area contributed by atoms with Gasteiger partial charge >= 0.3 is 5.97 Å². The van der Waals surface area contributed by atoms with Crippen LogP contribution in [0.3, 0.4) is 0 Å². The van der Waals surface area contributed by atoms with Gasteiger partial charge in [0.2, 0.25) is 0 Å². The van der Waals surface area contributed by atoms with Crippen LogP contribution in [-0.4, -0.2) is 23.3 Å². The van der Waals surface area contributed by atoms with Gasteiger partial charge in [0.15, 0.2) is 0 Å². The zero-order valence-electron chi connectivity index (χ0n) is 10.4. The van der Waals surface area contributed by atoms with Crippen molar-refractivity contribution in [2.45, 2.75) is 5.92 Å². The standard InChI is InChI=1S/C15H14O4/c1-19-15(18)14(10-6-8-11(16)9-7-10)12-4-2-3-5-13(12)17/h2-9,14,16-17H,1H3. The number of rotatable bonds is 3. The molecule has 4 nitrogen and oxygen atoms in total. The zero-order valence-corrected chi connectivity index (χ0v) is 10.4. The van der Waals surface area contributed by atoms with E-state index in [1.165, 1.54) is 25.3 Å². The van der Waals surface area contributed by atoms with Crippen LogP contribution in [0.2, 0.25) is 0 Å². The van der Waals surface area contributed by atoms with Gasteiger partial charge in [-0.3, -0.25) is 4.79 Å². The van der Waals surface area contributed by atoms with E-state index >= 15 is 0 Å². The second-order valence-electron chi connectivity index (χ2n) is 4.11. The summed E-state index contributed by atoms with van der Waals surface area (Å²) in [5.41, 5.74) is 1.12. The first kappa shape index (κ1) is 13.0.